The highest BCUT2D eigenvalue weighted by Crippen LogP contribution is 2.28. The van der Waals surface area contributed by atoms with Crippen LogP contribution in [0.4, 0.5) is 11.4 Å². The zero-order valence-electron chi connectivity index (χ0n) is 12.5. The number of sulfonamides is 1. The molecular weight excluding hydrogens is 326 g/mol. The Morgan fingerprint density at radius 2 is 1.68 bits per heavy atom. The lowest BCUT2D eigenvalue weighted by atomic mass is 9.98. The van der Waals surface area contributed by atoms with Crippen LogP contribution in [0.3, 0.4) is 0 Å². The summed E-state index contributed by atoms with van der Waals surface area (Å²) in [5.41, 5.74) is 6.38. The van der Waals surface area contributed by atoms with Crippen molar-refractivity contribution in [2.75, 3.05) is 15.8 Å². The predicted molar refractivity (Wildman–Crippen MR) is 90.8 cm³/mol. The number of carbonyl (C=O) groups excluding carboxylic acids is 1. The second-order valence-electron chi connectivity index (χ2n) is 5.40. The molecule has 6 nitrogen and oxygen atoms in total. The highest BCUT2D eigenvalue weighted by Gasteiger charge is 2.36. The van der Waals surface area contributed by atoms with Crippen molar-refractivity contribution >= 4 is 39.7 Å². The van der Waals surface area contributed by atoms with Gasteiger partial charge in [0.05, 0.1) is 11.3 Å². The minimum absolute atomic E-state index is 0. The third-order valence-corrected chi connectivity index (χ3v) is 5.05. The van der Waals surface area contributed by atoms with Crippen LogP contribution in [0.25, 0.3) is 0 Å². The van der Waals surface area contributed by atoms with Crippen LogP contribution in [-0.4, -0.2) is 25.6 Å². The number of anilines is 2. The van der Waals surface area contributed by atoms with Gasteiger partial charge in [-0.15, -0.1) is 12.4 Å². The lowest BCUT2D eigenvalue weighted by Crippen LogP contribution is -2.48. The maximum Gasteiger partial charge on any atom is 0.244 e. The molecule has 0 saturated heterocycles. The average Bonchev–Trinajstić information content (AvgIpc) is 2.89. The Morgan fingerprint density at radius 3 is 2.18 bits per heavy atom. The van der Waals surface area contributed by atoms with E-state index < -0.39 is 15.6 Å². The molecule has 1 fully saturated rings. The fourth-order valence-corrected chi connectivity index (χ4v) is 3.00. The molecule has 1 aromatic rings. The topological polar surface area (TPSA) is 101 Å². The molecule has 0 aliphatic heterocycles. The second kappa shape index (κ2) is 7.30. The number of rotatable bonds is 5. The Labute approximate surface area is 137 Å². The number of nitrogens with one attached hydrogen (secondary N) is 2. The third kappa shape index (κ3) is 4.59. The van der Waals surface area contributed by atoms with Crippen molar-refractivity contribution in [3.63, 3.8) is 0 Å². The summed E-state index contributed by atoms with van der Waals surface area (Å²) in [4.78, 5) is 12.1. The number of benzene rings is 1. The summed E-state index contributed by atoms with van der Waals surface area (Å²) in [5.74, 6) is -0.164. The first-order chi connectivity index (χ1) is 9.85. The first-order valence-corrected chi connectivity index (χ1v) is 8.71. The average molecular weight is 348 g/mol. The van der Waals surface area contributed by atoms with E-state index in [1.165, 1.54) is 0 Å². The zero-order valence-corrected chi connectivity index (χ0v) is 14.1. The molecule has 0 atom stereocenters. The summed E-state index contributed by atoms with van der Waals surface area (Å²) in [5, 5.41) is 2.79. The molecule has 0 unspecified atom stereocenters. The van der Waals surface area contributed by atoms with Crippen molar-refractivity contribution in [3.05, 3.63) is 24.3 Å². The van der Waals surface area contributed by atoms with Crippen LogP contribution >= 0.6 is 12.4 Å². The summed E-state index contributed by atoms with van der Waals surface area (Å²) in [7, 11) is -3.29. The van der Waals surface area contributed by atoms with Crippen LogP contribution in [0.2, 0.25) is 0 Å². The Hall–Kier alpha value is -1.31. The van der Waals surface area contributed by atoms with Crippen LogP contribution in [0, 0.1) is 0 Å². The molecule has 4 N–H and O–H groups in total. The van der Waals surface area contributed by atoms with Crippen molar-refractivity contribution in [1.82, 2.24) is 0 Å². The molecule has 1 aliphatic carbocycles. The van der Waals surface area contributed by atoms with E-state index in [-0.39, 0.29) is 24.1 Å². The van der Waals surface area contributed by atoms with E-state index >= 15 is 0 Å². The quantitative estimate of drug-likeness (QED) is 0.758. The van der Waals surface area contributed by atoms with E-state index in [9.17, 15) is 13.2 Å². The Morgan fingerprint density at radius 1 is 1.18 bits per heavy atom. The van der Waals surface area contributed by atoms with Crippen molar-refractivity contribution in [1.29, 1.82) is 0 Å². The fourth-order valence-electron chi connectivity index (χ4n) is 2.36. The van der Waals surface area contributed by atoms with Crippen molar-refractivity contribution in [3.8, 4) is 0 Å². The van der Waals surface area contributed by atoms with E-state index in [1.54, 1.807) is 31.2 Å². The Bertz CT molecular complexity index is 611. The van der Waals surface area contributed by atoms with E-state index in [1.807, 2.05) is 0 Å². The lowest BCUT2D eigenvalue weighted by Gasteiger charge is -2.22. The van der Waals surface area contributed by atoms with Gasteiger partial charge in [-0.25, -0.2) is 8.42 Å². The molecule has 0 bridgehead atoms. The van der Waals surface area contributed by atoms with Gasteiger partial charge in [0.25, 0.3) is 0 Å². The van der Waals surface area contributed by atoms with Gasteiger partial charge in [0.1, 0.15) is 0 Å². The van der Waals surface area contributed by atoms with Gasteiger partial charge in [-0.2, -0.15) is 0 Å². The summed E-state index contributed by atoms with van der Waals surface area (Å²) in [6, 6.07) is 6.54. The molecule has 0 spiro atoms. The minimum atomic E-state index is -3.29. The Balaban J connectivity index is 0.00000242. The SMILES string of the molecule is CCS(=O)(=O)Nc1ccc(NC(=O)C2(N)CCCC2)cc1.Cl. The number of amides is 1. The van der Waals surface area contributed by atoms with Gasteiger partial charge in [-0.3, -0.25) is 9.52 Å². The normalized spacial score (nSPS) is 16.6. The first kappa shape index (κ1) is 18.7. The van der Waals surface area contributed by atoms with Crippen LogP contribution in [0.5, 0.6) is 0 Å². The maximum atomic E-state index is 12.1. The van der Waals surface area contributed by atoms with Gasteiger partial charge in [0, 0.05) is 11.4 Å². The second-order valence-corrected chi connectivity index (χ2v) is 7.41. The minimum Gasteiger partial charge on any atom is -0.324 e. The lowest BCUT2D eigenvalue weighted by molar-refractivity contribution is -0.121. The zero-order chi connectivity index (χ0) is 15.5. The van der Waals surface area contributed by atoms with Crippen molar-refractivity contribution in [2.24, 2.45) is 5.73 Å². The molecule has 124 valence electrons. The smallest absolute Gasteiger partial charge is 0.244 e. The monoisotopic (exact) mass is 347 g/mol. The molecule has 22 heavy (non-hydrogen) atoms. The molecule has 8 heteroatoms. The summed E-state index contributed by atoms with van der Waals surface area (Å²) in [6.07, 6.45) is 3.35. The standard InChI is InChI=1S/C14H21N3O3S.ClH/c1-2-21(19,20)17-12-7-5-11(6-8-12)16-13(18)14(15)9-3-4-10-14;/h5-8,17H,2-4,9-10,15H2,1H3,(H,16,18);1H. The summed E-state index contributed by atoms with van der Waals surface area (Å²) >= 11 is 0. The largest absolute Gasteiger partial charge is 0.324 e. The van der Waals surface area contributed by atoms with E-state index in [0.29, 0.717) is 24.2 Å². The van der Waals surface area contributed by atoms with Gasteiger partial charge in [0.15, 0.2) is 0 Å². The van der Waals surface area contributed by atoms with Crippen LogP contribution in [-0.2, 0) is 14.8 Å². The van der Waals surface area contributed by atoms with Crippen molar-refractivity contribution < 1.29 is 13.2 Å². The van der Waals surface area contributed by atoms with Gasteiger partial charge in [-0.1, -0.05) is 12.8 Å². The number of carbonyl (C=O) groups is 1. The number of halogens is 1. The predicted octanol–water partition coefficient (Wildman–Crippen LogP) is 2.08. The van der Waals surface area contributed by atoms with E-state index in [4.69, 9.17) is 5.73 Å². The molecule has 2 rings (SSSR count). The van der Waals surface area contributed by atoms with Gasteiger partial charge in [-0.05, 0) is 44.0 Å². The van der Waals surface area contributed by atoms with Gasteiger partial charge in [0.2, 0.25) is 15.9 Å². The van der Waals surface area contributed by atoms with Crippen molar-refractivity contribution in [2.45, 2.75) is 38.1 Å². The van der Waals surface area contributed by atoms with Crippen LogP contribution < -0.4 is 15.8 Å². The highest BCUT2D eigenvalue weighted by atomic mass is 35.5. The summed E-state index contributed by atoms with van der Waals surface area (Å²) < 4.78 is 25.3. The van der Waals surface area contributed by atoms with E-state index in [2.05, 4.69) is 10.0 Å². The Kier molecular flexibility index (Phi) is 6.22. The number of nitrogens with two attached hydrogens (primary N) is 1. The fraction of sp³-hybridized carbons (Fsp3) is 0.500. The number of hydrogen-bond acceptors (Lipinski definition) is 4. The molecule has 0 heterocycles. The first-order valence-electron chi connectivity index (χ1n) is 7.05. The number of hydrogen-bond donors (Lipinski definition) is 3. The molecular formula is C14H22ClN3O3S. The van der Waals surface area contributed by atoms with E-state index in [0.717, 1.165) is 12.8 Å². The molecule has 0 aromatic heterocycles. The highest BCUT2D eigenvalue weighted by molar-refractivity contribution is 7.92. The third-order valence-electron chi connectivity index (χ3n) is 3.74. The van der Waals surface area contributed by atoms with Crippen LogP contribution in [0.1, 0.15) is 32.6 Å². The molecule has 1 aromatic carbocycles. The van der Waals surface area contributed by atoms with Gasteiger partial charge < -0.3 is 11.1 Å². The molecule has 1 saturated carbocycles. The van der Waals surface area contributed by atoms with Gasteiger partial charge >= 0.3 is 0 Å². The molecule has 0 radical (unpaired) electrons. The summed E-state index contributed by atoms with van der Waals surface area (Å²) in [6.45, 7) is 1.57. The van der Waals surface area contributed by atoms with Crippen LogP contribution in [0.15, 0.2) is 24.3 Å². The maximum absolute atomic E-state index is 12.1. The molecule has 1 aliphatic rings. The molecule has 1 amide bonds.